The Morgan fingerprint density at radius 3 is 2.47 bits per heavy atom. The number of carbonyl (C=O) groups is 1. The van der Waals surface area contributed by atoms with Crippen LogP contribution in [0.3, 0.4) is 0 Å². The molecule has 7 heteroatoms. The van der Waals surface area contributed by atoms with Crippen LogP contribution in [0.15, 0.2) is 24.5 Å². The van der Waals surface area contributed by atoms with Gasteiger partial charge in [-0.3, -0.25) is 4.79 Å². The second-order valence-electron chi connectivity index (χ2n) is 11.8. The SMILES string of the molecule is Cc1ccc(C(C)(C)C)cc1Cc1nc(N2CCC(CC(=O)N3CCCC3)CC2)nc2ncn(C)c12. The molecule has 0 unspecified atom stereocenters. The van der Waals surface area contributed by atoms with Gasteiger partial charge >= 0.3 is 0 Å². The fourth-order valence-corrected chi connectivity index (χ4v) is 5.58. The summed E-state index contributed by atoms with van der Waals surface area (Å²) in [4.78, 5) is 31.5. The molecule has 0 radical (unpaired) electrons. The largest absolute Gasteiger partial charge is 0.343 e. The predicted octanol–water partition coefficient (Wildman–Crippen LogP) is 4.79. The lowest BCUT2D eigenvalue weighted by molar-refractivity contribution is -0.131. The number of aromatic nitrogens is 4. The number of likely N-dealkylation sites (tertiary alicyclic amines) is 1. The second-order valence-corrected chi connectivity index (χ2v) is 11.8. The topological polar surface area (TPSA) is 67.2 Å². The first kappa shape index (κ1) is 24.7. The highest BCUT2D eigenvalue weighted by atomic mass is 16.2. The number of carbonyl (C=O) groups excluding carboxylic acids is 1. The Morgan fingerprint density at radius 1 is 1.06 bits per heavy atom. The van der Waals surface area contributed by atoms with Crippen molar-refractivity contribution in [2.45, 2.75) is 71.6 Å². The average molecular weight is 489 g/mol. The molecule has 4 heterocycles. The first-order valence-electron chi connectivity index (χ1n) is 13.5. The number of benzene rings is 1. The number of aryl methyl sites for hydroxylation is 2. The minimum atomic E-state index is 0.0988. The van der Waals surface area contributed by atoms with E-state index in [1.54, 1.807) is 0 Å². The molecule has 5 rings (SSSR count). The molecule has 7 nitrogen and oxygen atoms in total. The number of piperidine rings is 1. The Balaban J connectivity index is 1.36. The van der Waals surface area contributed by atoms with Crippen LogP contribution in [-0.4, -0.2) is 56.5 Å². The molecule has 3 aromatic rings. The number of hydrogen-bond donors (Lipinski definition) is 0. The van der Waals surface area contributed by atoms with Gasteiger partial charge in [0.25, 0.3) is 0 Å². The molecule has 2 aliphatic heterocycles. The summed E-state index contributed by atoms with van der Waals surface area (Å²) in [5.41, 5.74) is 6.80. The second kappa shape index (κ2) is 9.83. The number of rotatable bonds is 5. The molecule has 2 saturated heterocycles. The summed E-state index contributed by atoms with van der Waals surface area (Å²) in [5.74, 6) is 1.56. The van der Waals surface area contributed by atoms with Gasteiger partial charge in [-0.2, -0.15) is 4.98 Å². The van der Waals surface area contributed by atoms with Crippen molar-refractivity contribution in [2.75, 3.05) is 31.1 Å². The smallest absolute Gasteiger partial charge is 0.227 e. The quantitative estimate of drug-likeness (QED) is 0.517. The molecular formula is C29H40N6O. The van der Waals surface area contributed by atoms with E-state index in [1.165, 1.54) is 16.7 Å². The zero-order valence-corrected chi connectivity index (χ0v) is 22.5. The van der Waals surface area contributed by atoms with Crippen LogP contribution in [0.25, 0.3) is 11.2 Å². The summed E-state index contributed by atoms with van der Waals surface area (Å²) < 4.78 is 2.04. The van der Waals surface area contributed by atoms with Crippen LogP contribution in [0.5, 0.6) is 0 Å². The molecule has 2 aromatic heterocycles. The van der Waals surface area contributed by atoms with E-state index >= 15 is 0 Å². The van der Waals surface area contributed by atoms with Gasteiger partial charge in [0.2, 0.25) is 11.9 Å². The molecule has 36 heavy (non-hydrogen) atoms. The van der Waals surface area contributed by atoms with Gasteiger partial charge in [-0.15, -0.1) is 0 Å². The van der Waals surface area contributed by atoms with E-state index in [-0.39, 0.29) is 5.41 Å². The van der Waals surface area contributed by atoms with Gasteiger partial charge in [-0.1, -0.05) is 39.0 Å². The Morgan fingerprint density at radius 2 is 1.78 bits per heavy atom. The minimum absolute atomic E-state index is 0.0988. The van der Waals surface area contributed by atoms with Crippen LogP contribution >= 0.6 is 0 Å². The van der Waals surface area contributed by atoms with Crippen molar-refractivity contribution in [1.29, 1.82) is 0 Å². The fourth-order valence-electron chi connectivity index (χ4n) is 5.58. The highest BCUT2D eigenvalue weighted by molar-refractivity contribution is 5.77. The van der Waals surface area contributed by atoms with Crippen LogP contribution in [-0.2, 0) is 23.7 Å². The van der Waals surface area contributed by atoms with Gasteiger partial charge < -0.3 is 14.4 Å². The lowest BCUT2D eigenvalue weighted by Crippen LogP contribution is -2.37. The van der Waals surface area contributed by atoms with Crippen molar-refractivity contribution in [3.8, 4) is 0 Å². The molecule has 0 bridgehead atoms. The number of amides is 1. The third-order valence-corrected chi connectivity index (χ3v) is 8.02. The van der Waals surface area contributed by atoms with Crippen molar-refractivity contribution in [3.63, 3.8) is 0 Å². The molecule has 1 aromatic carbocycles. The predicted molar refractivity (Wildman–Crippen MR) is 144 cm³/mol. The Labute approximate surface area is 214 Å². The van der Waals surface area contributed by atoms with Gasteiger partial charge in [0.15, 0.2) is 5.65 Å². The zero-order chi connectivity index (χ0) is 25.4. The monoisotopic (exact) mass is 488 g/mol. The molecule has 2 aliphatic rings. The van der Waals surface area contributed by atoms with E-state index in [0.717, 1.165) is 81.1 Å². The standard InChI is InChI=1S/C29H40N6O/c1-20-8-9-23(29(2,3)4)17-22(20)18-24-26-27(30-19-33(26)5)32-28(31-24)35-14-10-21(11-15-35)16-25(36)34-12-6-7-13-34/h8-9,17,19,21H,6-7,10-16,18H2,1-5H3. The summed E-state index contributed by atoms with van der Waals surface area (Å²) in [5, 5.41) is 0. The molecule has 0 atom stereocenters. The summed E-state index contributed by atoms with van der Waals surface area (Å²) >= 11 is 0. The van der Waals surface area contributed by atoms with Crippen molar-refractivity contribution >= 4 is 23.0 Å². The lowest BCUT2D eigenvalue weighted by Gasteiger charge is -2.32. The molecule has 0 aliphatic carbocycles. The van der Waals surface area contributed by atoms with E-state index in [0.29, 0.717) is 18.2 Å². The third kappa shape index (κ3) is 5.11. The van der Waals surface area contributed by atoms with Crippen molar-refractivity contribution in [3.05, 3.63) is 46.9 Å². The summed E-state index contributed by atoms with van der Waals surface area (Å²) in [6.07, 6.45) is 7.59. The van der Waals surface area contributed by atoms with Crippen LogP contribution in [0.4, 0.5) is 5.95 Å². The van der Waals surface area contributed by atoms with Crippen LogP contribution < -0.4 is 4.90 Å². The number of imidazole rings is 1. The maximum absolute atomic E-state index is 12.6. The molecule has 2 fully saturated rings. The van der Waals surface area contributed by atoms with E-state index in [4.69, 9.17) is 9.97 Å². The number of anilines is 1. The molecular weight excluding hydrogens is 448 g/mol. The highest BCUT2D eigenvalue weighted by Crippen LogP contribution is 2.29. The summed E-state index contributed by atoms with van der Waals surface area (Å²) in [6, 6.07) is 6.80. The highest BCUT2D eigenvalue weighted by Gasteiger charge is 2.27. The number of fused-ring (bicyclic) bond motifs is 1. The normalized spacial score (nSPS) is 17.4. The Hall–Kier alpha value is -2.96. The minimum Gasteiger partial charge on any atom is -0.343 e. The van der Waals surface area contributed by atoms with E-state index < -0.39 is 0 Å². The van der Waals surface area contributed by atoms with Crippen LogP contribution in [0.1, 0.15) is 75.3 Å². The maximum Gasteiger partial charge on any atom is 0.227 e. The van der Waals surface area contributed by atoms with Crippen molar-refractivity contribution in [2.24, 2.45) is 13.0 Å². The van der Waals surface area contributed by atoms with Gasteiger partial charge in [-0.25, -0.2) is 9.97 Å². The first-order valence-corrected chi connectivity index (χ1v) is 13.5. The maximum atomic E-state index is 12.6. The van der Waals surface area contributed by atoms with Gasteiger partial charge in [0.1, 0.15) is 5.52 Å². The Bertz CT molecular complexity index is 1240. The van der Waals surface area contributed by atoms with Crippen molar-refractivity contribution < 1.29 is 4.79 Å². The molecule has 192 valence electrons. The van der Waals surface area contributed by atoms with Gasteiger partial charge in [0.05, 0.1) is 12.0 Å². The average Bonchev–Trinajstić information content (AvgIpc) is 3.51. The summed E-state index contributed by atoms with van der Waals surface area (Å²) in [7, 11) is 2.02. The molecule has 0 N–H and O–H groups in total. The molecule has 1 amide bonds. The van der Waals surface area contributed by atoms with E-state index in [2.05, 4.69) is 55.8 Å². The third-order valence-electron chi connectivity index (χ3n) is 8.02. The lowest BCUT2D eigenvalue weighted by atomic mass is 9.84. The van der Waals surface area contributed by atoms with Gasteiger partial charge in [-0.05, 0) is 60.6 Å². The fraction of sp³-hybridized carbons (Fsp3) is 0.586. The number of hydrogen-bond acceptors (Lipinski definition) is 5. The van der Waals surface area contributed by atoms with Crippen molar-refractivity contribution in [1.82, 2.24) is 24.4 Å². The zero-order valence-electron chi connectivity index (χ0n) is 22.5. The first-order chi connectivity index (χ1) is 17.2. The molecule has 0 saturated carbocycles. The number of nitrogens with zero attached hydrogens (tertiary/aromatic N) is 6. The summed E-state index contributed by atoms with van der Waals surface area (Å²) in [6.45, 7) is 12.6. The molecule has 0 spiro atoms. The van der Waals surface area contributed by atoms with Gasteiger partial charge in [0, 0.05) is 46.1 Å². The van der Waals surface area contributed by atoms with E-state index in [9.17, 15) is 4.79 Å². The van der Waals surface area contributed by atoms with Crippen LogP contribution in [0.2, 0.25) is 0 Å². The van der Waals surface area contributed by atoms with Crippen LogP contribution in [0, 0.1) is 12.8 Å². The van der Waals surface area contributed by atoms with E-state index in [1.807, 2.05) is 22.8 Å². The Kier molecular flexibility index (Phi) is 6.75.